The molecule has 2 aliphatic heterocycles. The van der Waals surface area contributed by atoms with Gasteiger partial charge in [0.05, 0.1) is 10.4 Å². The second-order valence-electron chi connectivity index (χ2n) is 6.58. The van der Waals surface area contributed by atoms with Gasteiger partial charge in [-0.25, -0.2) is 0 Å². The minimum atomic E-state index is 0.0198. The van der Waals surface area contributed by atoms with E-state index in [0.29, 0.717) is 5.91 Å². The van der Waals surface area contributed by atoms with Crippen LogP contribution in [0.5, 0.6) is 0 Å². The molecule has 2 fully saturated rings. The normalized spacial score (nSPS) is 22.3. The fraction of sp³-hybridized carbons (Fsp3) is 0.706. The van der Waals surface area contributed by atoms with Crippen molar-refractivity contribution in [1.29, 1.82) is 0 Å². The van der Waals surface area contributed by atoms with Crippen LogP contribution in [0.2, 0.25) is 4.34 Å². The Hall–Kier alpha value is -0.620. The third-order valence-electron chi connectivity index (χ3n) is 4.99. The van der Waals surface area contributed by atoms with Crippen LogP contribution in [0.25, 0.3) is 0 Å². The summed E-state index contributed by atoms with van der Waals surface area (Å²) in [4.78, 5) is 20.8. The van der Waals surface area contributed by atoms with Gasteiger partial charge < -0.3 is 4.90 Å². The molecule has 2 saturated heterocycles. The number of nitrogens with zero attached hydrogens (tertiary/aromatic N) is 3. The molecule has 0 bridgehead atoms. The molecule has 3 heterocycles. The number of halogens is 1. The maximum atomic E-state index is 12.6. The summed E-state index contributed by atoms with van der Waals surface area (Å²) in [6.45, 7) is 8.93. The Bertz CT molecular complexity index is 522. The lowest BCUT2D eigenvalue weighted by Gasteiger charge is -2.39. The van der Waals surface area contributed by atoms with Gasteiger partial charge in [0, 0.05) is 50.7 Å². The zero-order valence-corrected chi connectivity index (χ0v) is 15.4. The lowest BCUT2D eigenvalue weighted by Crippen LogP contribution is -2.54. The Labute approximate surface area is 148 Å². The largest absolute Gasteiger partial charge is 0.341 e. The first-order valence-corrected chi connectivity index (χ1v) is 9.82. The molecule has 6 heteroatoms. The first kappa shape index (κ1) is 17.2. The molecule has 0 aliphatic carbocycles. The highest BCUT2D eigenvalue weighted by Crippen LogP contribution is 2.23. The van der Waals surface area contributed by atoms with E-state index in [1.54, 1.807) is 11.3 Å². The zero-order valence-electron chi connectivity index (χ0n) is 13.8. The van der Waals surface area contributed by atoms with Crippen molar-refractivity contribution >= 4 is 28.8 Å². The van der Waals surface area contributed by atoms with Crippen LogP contribution < -0.4 is 0 Å². The van der Waals surface area contributed by atoms with E-state index < -0.39 is 0 Å². The highest BCUT2D eigenvalue weighted by molar-refractivity contribution is 7.16. The highest BCUT2D eigenvalue weighted by atomic mass is 35.5. The van der Waals surface area contributed by atoms with Gasteiger partial charge in [-0.2, -0.15) is 0 Å². The third-order valence-corrected chi connectivity index (χ3v) is 6.20. The lowest BCUT2D eigenvalue weighted by molar-refractivity contribution is -0.138. The topological polar surface area (TPSA) is 26.8 Å². The quantitative estimate of drug-likeness (QED) is 0.830. The van der Waals surface area contributed by atoms with E-state index in [1.807, 2.05) is 6.07 Å². The van der Waals surface area contributed by atoms with Gasteiger partial charge in [-0.05, 0) is 38.3 Å². The standard InChI is InChI=1S/C17H26ClN3OS/c1-14(17(22)21-7-3-2-4-8-21)20-11-9-19(10-12-20)13-15-5-6-16(18)23-15/h5-6,14H,2-4,7-13H2,1H3. The van der Waals surface area contributed by atoms with Crippen molar-refractivity contribution in [2.24, 2.45) is 0 Å². The van der Waals surface area contributed by atoms with Crippen LogP contribution in [0, 0.1) is 0 Å². The van der Waals surface area contributed by atoms with E-state index in [1.165, 1.54) is 11.3 Å². The van der Waals surface area contributed by atoms with Crippen molar-refractivity contribution in [3.8, 4) is 0 Å². The van der Waals surface area contributed by atoms with Crippen LogP contribution in [0.1, 0.15) is 31.1 Å². The number of piperidine rings is 1. The van der Waals surface area contributed by atoms with Crippen LogP contribution in [0.15, 0.2) is 12.1 Å². The average Bonchev–Trinajstić information content (AvgIpc) is 3.00. The van der Waals surface area contributed by atoms with Gasteiger partial charge >= 0.3 is 0 Å². The molecule has 1 atom stereocenters. The number of amides is 1. The van der Waals surface area contributed by atoms with Crippen molar-refractivity contribution in [2.75, 3.05) is 39.3 Å². The fourth-order valence-corrected chi connectivity index (χ4v) is 4.63. The Kier molecular flexibility index (Phi) is 5.96. The molecule has 0 N–H and O–H groups in total. The number of rotatable bonds is 4. The predicted molar refractivity (Wildman–Crippen MR) is 96.1 cm³/mol. The van der Waals surface area contributed by atoms with Gasteiger partial charge in [-0.3, -0.25) is 14.6 Å². The minimum absolute atomic E-state index is 0.0198. The monoisotopic (exact) mass is 355 g/mol. The molecule has 3 rings (SSSR count). The number of carbonyl (C=O) groups excluding carboxylic acids is 1. The van der Waals surface area contributed by atoms with E-state index in [4.69, 9.17) is 11.6 Å². The summed E-state index contributed by atoms with van der Waals surface area (Å²) in [5.74, 6) is 0.322. The number of hydrogen-bond acceptors (Lipinski definition) is 4. The number of piperazine rings is 1. The summed E-state index contributed by atoms with van der Waals surface area (Å²) in [6, 6.07) is 4.10. The molecular formula is C17H26ClN3OS. The van der Waals surface area contributed by atoms with Crippen LogP contribution in [0.3, 0.4) is 0 Å². The summed E-state index contributed by atoms with van der Waals surface area (Å²) >= 11 is 7.66. The van der Waals surface area contributed by atoms with Crippen molar-refractivity contribution in [1.82, 2.24) is 14.7 Å². The average molecular weight is 356 g/mol. The lowest BCUT2D eigenvalue weighted by atomic mass is 10.1. The first-order chi connectivity index (χ1) is 11.1. The third kappa shape index (κ3) is 4.47. The smallest absolute Gasteiger partial charge is 0.239 e. The van der Waals surface area contributed by atoms with Gasteiger partial charge in [-0.15, -0.1) is 11.3 Å². The summed E-state index contributed by atoms with van der Waals surface area (Å²) in [7, 11) is 0. The summed E-state index contributed by atoms with van der Waals surface area (Å²) < 4.78 is 0.861. The molecule has 1 aromatic heterocycles. The molecule has 1 amide bonds. The molecule has 0 saturated carbocycles. The minimum Gasteiger partial charge on any atom is -0.341 e. The Morgan fingerprint density at radius 3 is 2.43 bits per heavy atom. The van der Waals surface area contributed by atoms with E-state index in [2.05, 4.69) is 27.7 Å². The Morgan fingerprint density at radius 2 is 1.83 bits per heavy atom. The molecule has 1 unspecified atom stereocenters. The number of hydrogen-bond donors (Lipinski definition) is 0. The van der Waals surface area contributed by atoms with Crippen molar-refractivity contribution in [3.63, 3.8) is 0 Å². The summed E-state index contributed by atoms with van der Waals surface area (Å²) in [6.07, 6.45) is 3.59. The van der Waals surface area contributed by atoms with Crippen molar-refractivity contribution < 1.29 is 4.79 Å². The van der Waals surface area contributed by atoms with Gasteiger partial charge in [-0.1, -0.05) is 11.6 Å². The summed E-state index contributed by atoms with van der Waals surface area (Å²) in [5, 5.41) is 0. The molecule has 0 aromatic carbocycles. The van der Waals surface area contributed by atoms with Gasteiger partial charge in [0.1, 0.15) is 0 Å². The number of likely N-dealkylation sites (tertiary alicyclic amines) is 1. The maximum absolute atomic E-state index is 12.6. The van der Waals surface area contributed by atoms with Gasteiger partial charge in [0.2, 0.25) is 5.91 Å². The molecular weight excluding hydrogens is 330 g/mol. The number of carbonyl (C=O) groups is 1. The molecule has 4 nitrogen and oxygen atoms in total. The SMILES string of the molecule is CC(C(=O)N1CCCCC1)N1CCN(Cc2ccc(Cl)s2)CC1. The van der Waals surface area contributed by atoms with E-state index in [0.717, 1.165) is 63.0 Å². The van der Waals surface area contributed by atoms with E-state index >= 15 is 0 Å². The molecule has 1 aromatic rings. The van der Waals surface area contributed by atoms with Crippen molar-refractivity contribution in [2.45, 2.75) is 38.8 Å². The van der Waals surface area contributed by atoms with Crippen LogP contribution in [0.4, 0.5) is 0 Å². The zero-order chi connectivity index (χ0) is 16.2. The molecule has 0 radical (unpaired) electrons. The first-order valence-electron chi connectivity index (χ1n) is 8.63. The molecule has 0 spiro atoms. The van der Waals surface area contributed by atoms with Crippen LogP contribution in [-0.2, 0) is 11.3 Å². The second-order valence-corrected chi connectivity index (χ2v) is 8.38. The van der Waals surface area contributed by atoms with Crippen molar-refractivity contribution in [3.05, 3.63) is 21.3 Å². The predicted octanol–water partition coefficient (Wildman–Crippen LogP) is 2.92. The van der Waals surface area contributed by atoms with Crippen LogP contribution >= 0.6 is 22.9 Å². The molecule has 23 heavy (non-hydrogen) atoms. The van der Waals surface area contributed by atoms with Gasteiger partial charge in [0.15, 0.2) is 0 Å². The Morgan fingerprint density at radius 1 is 1.13 bits per heavy atom. The molecule has 128 valence electrons. The van der Waals surface area contributed by atoms with E-state index in [9.17, 15) is 4.79 Å². The summed E-state index contributed by atoms with van der Waals surface area (Å²) in [5.41, 5.74) is 0. The van der Waals surface area contributed by atoms with Crippen LogP contribution in [-0.4, -0.2) is 65.9 Å². The highest BCUT2D eigenvalue weighted by Gasteiger charge is 2.29. The Balaban J connectivity index is 1.46. The fourth-order valence-electron chi connectivity index (χ4n) is 3.50. The second kappa shape index (κ2) is 7.97. The molecule has 2 aliphatic rings. The van der Waals surface area contributed by atoms with E-state index in [-0.39, 0.29) is 6.04 Å². The number of thiophene rings is 1. The van der Waals surface area contributed by atoms with Gasteiger partial charge in [0.25, 0.3) is 0 Å². The maximum Gasteiger partial charge on any atom is 0.239 e.